The van der Waals surface area contributed by atoms with Gasteiger partial charge in [0.25, 0.3) is 0 Å². The molecule has 1 aromatic heterocycles. The van der Waals surface area contributed by atoms with E-state index in [0.29, 0.717) is 0 Å². The van der Waals surface area contributed by atoms with Gasteiger partial charge < -0.3 is 5.73 Å². The quantitative estimate of drug-likeness (QED) is 0.854. The van der Waals surface area contributed by atoms with E-state index in [1.807, 2.05) is 24.4 Å². The molecule has 2 heteroatoms. The molecule has 0 fully saturated rings. The second kappa shape index (κ2) is 4.68. The highest BCUT2D eigenvalue weighted by molar-refractivity contribution is 5.39. The van der Waals surface area contributed by atoms with E-state index in [0.717, 1.165) is 11.3 Å². The predicted octanol–water partition coefficient (Wildman–Crippen LogP) is 3.05. The first kappa shape index (κ1) is 11.8. The monoisotopic (exact) mass is 226 g/mol. The minimum Gasteiger partial charge on any atom is -0.319 e. The average molecular weight is 226 g/mol. The largest absolute Gasteiger partial charge is 0.319 e. The zero-order valence-corrected chi connectivity index (χ0v) is 10.6. The molecule has 0 radical (unpaired) electrons. The van der Waals surface area contributed by atoms with Crippen molar-refractivity contribution in [3.05, 3.63) is 64.5 Å². The molecule has 2 aromatic rings. The van der Waals surface area contributed by atoms with E-state index in [2.05, 4.69) is 37.9 Å². The third kappa shape index (κ3) is 2.37. The molecule has 0 bridgehead atoms. The molecular weight excluding hydrogens is 208 g/mol. The summed E-state index contributed by atoms with van der Waals surface area (Å²) in [7, 11) is 0. The SMILES string of the molecule is Cc1ccnc(C(N)c2cccc(C)c2C)c1. The van der Waals surface area contributed by atoms with E-state index in [-0.39, 0.29) is 6.04 Å². The summed E-state index contributed by atoms with van der Waals surface area (Å²) in [6, 6.07) is 10.1. The smallest absolute Gasteiger partial charge is 0.0729 e. The normalized spacial score (nSPS) is 12.5. The Balaban J connectivity index is 2.44. The van der Waals surface area contributed by atoms with Crippen molar-refractivity contribution in [1.29, 1.82) is 0 Å². The van der Waals surface area contributed by atoms with Gasteiger partial charge >= 0.3 is 0 Å². The van der Waals surface area contributed by atoms with E-state index in [4.69, 9.17) is 5.73 Å². The highest BCUT2D eigenvalue weighted by Crippen LogP contribution is 2.23. The van der Waals surface area contributed by atoms with Gasteiger partial charge in [0.1, 0.15) is 0 Å². The molecule has 1 atom stereocenters. The molecular formula is C15H18N2. The van der Waals surface area contributed by atoms with Crippen molar-refractivity contribution in [3.63, 3.8) is 0 Å². The third-order valence-corrected chi connectivity index (χ3v) is 3.24. The number of nitrogens with zero attached hydrogens (tertiary/aromatic N) is 1. The predicted molar refractivity (Wildman–Crippen MR) is 70.9 cm³/mol. The number of aromatic nitrogens is 1. The first-order valence-electron chi connectivity index (χ1n) is 5.84. The lowest BCUT2D eigenvalue weighted by Gasteiger charge is -2.16. The molecule has 0 amide bonds. The van der Waals surface area contributed by atoms with Gasteiger partial charge in [-0.1, -0.05) is 18.2 Å². The topological polar surface area (TPSA) is 38.9 Å². The summed E-state index contributed by atoms with van der Waals surface area (Å²) in [5, 5.41) is 0. The average Bonchev–Trinajstić information content (AvgIpc) is 2.32. The maximum absolute atomic E-state index is 6.29. The Kier molecular flexibility index (Phi) is 3.25. The maximum Gasteiger partial charge on any atom is 0.0729 e. The molecule has 0 aliphatic heterocycles. The minimum atomic E-state index is -0.144. The van der Waals surface area contributed by atoms with Gasteiger partial charge in [-0.2, -0.15) is 0 Å². The van der Waals surface area contributed by atoms with Crippen molar-refractivity contribution in [2.24, 2.45) is 5.73 Å². The number of benzene rings is 1. The van der Waals surface area contributed by atoms with Crippen LogP contribution in [0.3, 0.4) is 0 Å². The molecule has 2 N–H and O–H groups in total. The summed E-state index contributed by atoms with van der Waals surface area (Å²) in [4.78, 5) is 4.36. The van der Waals surface area contributed by atoms with Gasteiger partial charge in [-0.25, -0.2) is 0 Å². The van der Waals surface area contributed by atoms with E-state index in [1.165, 1.54) is 16.7 Å². The summed E-state index contributed by atoms with van der Waals surface area (Å²) in [5.41, 5.74) is 12.1. The number of pyridine rings is 1. The fraction of sp³-hybridized carbons (Fsp3) is 0.267. The third-order valence-electron chi connectivity index (χ3n) is 3.24. The van der Waals surface area contributed by atoms with E-state index in [9.17, 15) is 0 Å². The van der Waals surface area contributed by atoms with E-state index >= 15 is 0 Å². The van der Waals surface area contributed by atoms with Gasteiger partial charge in [-0.05, 0) is 55.2 Å². The van der Waals surface area contributed by atoms with Crippen LogP contribution in [-0.4, -0.2) is 4.98 Å². The summed E-state index contributed by atoms with van der Waals surface area (Å²) >= 11 is 0. The van der Waals surface area contributed by atoms with Gasteiger partial charge in [0.2, 0.25) is 0 Å². The van der Waals surface area contributed by atoms with Crippen molar-refractivity contribution < 1.29 is 0 Å². The van der Waals surface area contributed by atoms with Crippen molar-refractivity contribution in [2.45, 2.75) is 26.8 Å². The Labute approximate surface area is 103 Å². The zero-order chi connectivity index (χ0) is 12.4. The van der Waals surface area contributed by atoms with E-state index < -0.39 is 0 Å². The molecule has 0 saturated heterocycles. The van der Waals surface area contributed by atoms with Crippen molar-refractivity contribution >= 4 is 0 Å². The van der Waals surface area contributed by atoms with Crippen LogP contribution in [0.15, 0.2) is 36.5 Å². The Hall–Kier alpha value is -1.67. The van der Waals surface area contributed by atoms with Gasteiger partial charge in [0.05, 0.1) is 11.7 Å². The van der Waals surface area contributed by atoms with Gasteiger partial charge in [0.15, 0.2) is 0 Å². The van der Waals surface area contributed by atoms with Crippen molar-refractivity contribution in [2.75, 3.05) is 0 Å². The number of aryl methyl sites for hydroxylation is 2. The molecule has 2 rings (SSSR count). The summed E-state index contributed by atoms with van der Waals surface area (Å²) in [5.74, 6) is 0. The van der Waals surface area contributed by atoms with Crippen LogP contribution in [-0.2, 0) is 0 Å². The molecule has 88 valence electrons. The summed E-state index contributed by atoms with van der Waals surface area (Å²) in [6.07, 6.45) is 1.82. The Morgan fingerprint density at radius 3 is 2.59 bits per heavy atom. The van der Waals surface area contributed by atoms with E-state index in [1.54, 1.807) is 0 Å². The molecule has 1 heterocycles. The lowest BCUT2D eigenvalue weighted by molar-refractivity contribution is 0.817. The molecule has 0 saturated carbocycles. The number of nitrogens with two attached hydrogens (primary N) is 1. The van der Waals surface area contributed by atoms with Crippen LogP contribution in [0.1, 0.15) is 34.0 Å². The van der Waals surface area contributed by atoms with Crippen LogP contribution in [0, 0.1) is 20.8 Å². The van der Waals surface area contributed by atoms with Crippen LogP contribution in [0.5, 0.6) is 0 Å². The molecule has 0 spiro atoms. The fourth-order valence-corrected chi connectivity index (χ4v) is 2.00. The lowest BCUT2D eigenvalue weighted by atomic mass is 9.95. The van der Waals surface area contributed by atoms with Crippen LogP contribution in [0.4, 0.5) is 0 Å². The lowest BCUT2D eigenvalue weighted by Crippen LogP contribution is -2.15. The molecule has 0 aliphatic rings. The van der Waals surface area contributed by atoms with Gasteiger partial charge in [0, 0.05) is 6.20 Å². The highest BCUT2D eigenvalue weighted by atomic mass is 14.8. The number of rotatable bonds is 2. The van der Waals surface area contributed by atoms with Crippen LogP contribution in [0.2, 0.25) is 0 Å². The highest BCUT2D eigenvalue weighted by Gasteiger charge is 2.13. The molecule has 2 nitrogen and oxygen atoms in total. The Bertz CT molecular complexity index is 532. The number of hydrogen-bond acceptors (Lipinski definition) is 2. The molecule has 17 heavy (non-hydrogen) atoms. The first-order chi connectivity index (χ1) is 8.09. The summed E-state index contributed by atoms with van der Waals surface area (Å²) < 4.78 is 0. The van der Waals surface area contributed by atoms with Crippen LogP contribution >= 0.6 is 0 Å². The molecule has 1 unspecified atom stereocenters. The molecule has 1 aromatic carbocycles. The zero-order valence-electron chi connectivity index (χ0n) is 10.6. The Morgan fingerprint density at radius 2 is 1.88 bits per heavy atom. The van der Waals surface area contributed by atoms with Crippen molar-refractivity contribution in [3.8, 4) is 0 Å². The van der Waals surface area contributed by atoms with Gasteiger partial charge in [-0.3, -0.25) is 4.98 Å². The number of hydrogen-bond donors (Lipinski definition) is 1. The maximum atomic E-state index is 6.29. The second-order valence-electron chi connectivity index (χ2n) is 4.52. The standard InChI is InChI=1S/C15H18N2/c1-10-7-8-17-14(9-10)15(16)13-6-4-5-11(2)12(13)3/h4-9,15H,16H2,1-3H3. The van der Waals surface area contributed by atoms with Crippen LogP contribution in [0.25, 0.3) is 0 Å². The van der Waals surface area contributed by atoms with Gasteiger partial charge in [-0.15, -0.1) is 0 Å². The first-order valence-corrected chi connectivity index (χ1v) is 5.84. The summed E-state index contributed by atoms with van der Waals surface area (Å²) in [6.45, 7) is 6.27. The second-order valence-corrected chi connectivity index (χ2v) is 4.52. The Morgan fingerprint density at radius 1 is 1.12 bits per heavy atom. The van der Waals surface area contributed by atoms with Crippen LogP contribution < -0.4 is 5.73 Å². The molecule has 0 aliphatic carbocycles. The fourth-order valence-electron chi connectivity index (χ4n) is 2.00. The van der Waals surface area contributed by atoms with Crippen molar-refractivity contribution in [1.82, 2.24) is 4.98 Å². The minimum absolute atomic E-state index is 0.144.